The quantitative estimate of drug-likeness (QED) is 0.0624. The zero-order valence-electron chi connectivity index (χ0n) is 21.3. The first-order valence-electron chi connectivity index (χ1n) is 11.4. The summed E-state index contributed by atoms with van der Waals surface area (Å²) in [5, 5.41) is 26.9. The number of hydrogen-bond donors (Lipinski definition) is 8. The predicted octanol–water partition coefficient (Wildman–Crippen LogP) is 3.75. The number of carbonyl (C=O) groups is 3. The summed E-state index contributed by atoms with van der Waals surface area (Å²) in [7, 11) is 0. The topological polar surface area (TPSA) is 228 Å². The highest BCUT2D eigenvalue weighted by Crippen LogP contribution is 2.27. The second-order valence-corrected chi connectivity index (χ2v) is 8.52. The lowest BCUT2D eigenvalue weighted by Gasteiger charge is -2.07. The number of nitrogens with zero attached hydrogens (tertiary/aromatic N) is 1. The Morgan fingerprint density at radius 2 is 1.55 bits per heavy atom. The third-order valence-corrected chi connectivity index (χ3v) is 5.99. The standard InChI is InChI=1S/C24H25N9O5.2ClH/c1-11-17(10-28-20(11)23(35)27-7-6-19(25)26)32-24(36)21-12(2)16(9-29-21)31-22(34)15-8-13-14(30-15)4-3-5-18(13)33(37)38;;/h3-5,8-10,28-30H,6-7H2,1-2H3,(H3,25,26)(H,27,35)(H,31,34)(H,32,36);2*1H. The molecule has 3 aromatic heterocycles. The molecule has 0 spiro atoms. The Morgan fingerprint density at radius 1 is 0.975 bits per heavy atom. The number of anilines is 2. The number of nitro groups is 1. The average molecular weight is 592 g/mol. The summed E-state index contributed by atoms with van der Waals surface area (Å²) >= 11 is 0. The summed E-state index contributed by atoms with van der Waals surface area (Å²) in [6.45, 7) is 3.53. The Kier molecular flexibility index (Phi) is 10.1. The van der Waals surface area contributed by atoms with Gasteiger partial charge in [-0.05, 0) is 26.0 Å². The number of hydrogen-bond acceptors (Lipinski definition) is 6. The molecule has 16 heteroatoms. The SMILES string of the molecule is Cc1c(NC(=O)c2cc3c([N+](=O)[O-])cccc3[nH]2)c[nH]c1C(=O)Nc1c[nH]c(C(=O)NCCC(=N)N)c1C.Cl.Cl. The molecule has 4 aromatic rings. The normalized spacial score (nSPS) is 10.2. The zero-order valence-corrected chi connectivity index (χ0v) is 22.9. The largest absolute Gasteiger partial charge is 0.388 e. The van der Waals surface area contributed by atoms with E-state index in [0.717, 1.165) is 0 Å². The number of non-ortho nitro benzene ring substituents is 1. The lowest BCUT2D eigenvalue weighted by molar-refractivity contribution is -0.383. The molecule has 3 heterocycles. The first-order chi connectivity index (χ1) is 18.1. The van der Waals surface area contributed by atoms with Gasteiger partial charge in [-0.25, -0.2) is 0 Å². The van der Waals surface area contributed by atoms with Gasteiger partial charge in [0.25, 0.3) is 23.4 Å². The minimum absolute atomic E-state index is 0. The smallest absolute Gasteiger partial charge is 0.278 e. The fourth-order valence-electron chi connectivity index (χ4n) is 3.92. The molecule has 0 saturated heterocycles. The molecule has 0 aliphatic carbocycles. The van der Waals surface area contributed by atoms with Gasteiger partial charge in [0.05, 0.1) is 33.0 Å². The van der Waals surface area contributed by atoms with Crippen LogP contribution in [0.4, 0.5) is 17.1 Å². The summed E-state index contributed by atoms with van der Waals surface area (Å²) in [5.74, 6) is -1.46. The monoisotopic (exact) mass is 591 g/mol. The van der Waals surface area contributed by atoms with Crippen molar-refractivity contribution in [2.45, 2.75) is 20.3 Å². The first kappa shape index (κ1) is 31.4. The van der Waals surface area contributed by atoms with Crippen LogP contribution in [0.2, 0.25) is 0 Å². The van der Waals surface area contributed by atoms with Crippen LogP contribution in [-0.2, 0) is 0 Å². The number of benzene rings is 1. The van der Waals surface area contributed by atoms with Gasteiger partial charge >= 0.3 is 0 Å². The Labute approximate surface area is 239 Å². The number of nitrogens with two attached hydrogens (primary N) is 1. The molecule has 212 valence electrons. The van der Waals surface area contributed by atoms with Gasteiger partial charge in [0.2, 0.25) is 0 Å². The van der Waals surface area contributed by atoms with Crippen LogP contribution in [0.25, 0.3) is 10.9 Å². The van der Waals surface area contributed by atoms with Crippen molar-refractivity contribution in [2.75, 3.05) is 17.2 Å². The number of halogens is 2. The van der Waals surface area contributed by atoms with Crippen molar-refractivity contribution < 1.29 is 19.3 Å². The van der Waals surface area contributed by atoms with Crippen molar-refractivity contribution >= 4 is 76.3 Å². The molecule has 40 heavy (non-hydrogen) atoms. The van der Waals surface area contributed by atoms with Gasteiger partial charge in [-0.1, -0.05) is 6.07 Å². The molecule has 0 atom stereocenters. The van der Waals surface area contributed by atoms with Gasteiger partial charge in [-0.2, -0.15) is 0 Å². The second-order valence-electron chi connectivity index (χ2n) is 8.52. The number of rotatable bonds is 9. The molecule has 0 fully saturated rings. The van der Waals surface area contributed by atoms with Crippen molar-refractivity contribution in [3.63, 3.8) is 0 Å². The van der Waals surface area contributed by atoms with Crippen molar-refractivity contribution in [2.24, 2.45) is 5.73 Å². The molecule has 0 radical (unpaired) electrons. The number of nitrogens with one attached hydrogen (secondary N) is 7. The molecule has 0 saturated carbocycles. The van der Waals surface area contributed by atoms with E-state index in [-0.39, 0.29) is 66.4 Å². The van der Waals surface area contributed by atoms with Crippen molar-refractivity contribution in [1.29, 1.82) is 5.41 Å². The molecule has 1 aromatic carbocycles. The highest BCUT2D eigenvalue weighted by molar-refractivity contribution is 6.10. The van der Waals surface area contributed by atoms with Gasteiger partial charge in [0.15, 0.2) is 0 Å². The van der Waals surface area contributed by atoms with E-state index in [9.17, 15) is 24.5 Å². The molecule has 0 unspecified atom stereocenters. The third kappa shape index (κ3) is 6.42. The number of H-pyrrole nitrogens is 3. The minimum atomic E-state index is -0.536. The fraction of sp³-hybridized carbons (Fsp3) is 0.167. The minimum Gasteiger partial charge on any atom is -0.388 e. The van der Waals surface area contributed by atoms with Gasteiger partial charge in [0, 0.05) is 42.6 Å². The highest BCUT2D eigenvalue weighted by atomic mass is 35.5. The maximum atomic E-state index is 12.9. The predicted molar refractivity (Wildman–Crippen MR) is 155 cm³/mol. The number of aromatic amines is 3. The van der Waals surface area contributed by atoms with Gasteiger partial charge in [-0.3, -0.25) is 29.9 Å². The summed E-state index contributed by atoms with van der Waals surface area (Å²) in [4.78, 5) is 57.4. The Hall–Kier alpha value is -4.82. The maximum absolute atomic E-state index is 12.9. The van der Waals surface area contributed by atoms with Crippen LogP contribution in [0.15, 0.2) is 36.7 Å². The number of amides is 3. The summed E-state index contributed by atoms with van der Waals surface area (Å²) in [5.41, 5.74) is 7.93. The van der Waals surface area contributed by atoms with Crippen LogP contribution in [-0.4, -0.2) is 50.0 Å². The van der Waals surface area contributed by atoms with Gasteiger partial charge in [-0.15, -0.1) is 24.8 Å². The summed E-state index contributed by atoms with van der Waals surface area (Å²) in [6.07, 6.45) is 3.18. The van der Waals surface area contributed by atoms with Crippen LogP contribution in [0.3, 0.4) is 0 Å². The van der Waals surface area contributed by atoms with Crippen molar-refractivity contribution in [3.8, 4) is 0 Å². The number of amidine groups is 1. The molecule has 0 bridgehead atoms. The van der Waals surface area contributed by atoms with Crippen LogP contribution in [0, 0.1) is 29.4 Å². The second kappa shape index (κ2) is 12.8. The first-order valence-corrected chi connectivity index (χ1v) is 11.4. The molecular weight excluding hydrogens is 565 g/mol. The number of fused-ring (bicyclic) bond motifs is 1. The highest BCUT2D eigenvalue weighted by Gasteiger charge is 2.21. The van der Waals surface area contributed by atoms with E-state index in [2.05, 4.69) is 30.9 Å². The van der Waals surface area contributed by atoms with Crippen LogP contribution in [0.5, 0.6) is 0 Å². The molecule has 0 aliphatic heterocycles. The van der Waals surface area contributed by atoms with E-state index >= 15 is 0 Å². The van der Waals surface area contributed by atoms with E-state index in [1.54, 1.807) is 19.9 Å². The van der Waals surface area contributed by atoms with E-state index in [1.165, 1.54) is 30.6 Å². The van der Waals surface area contributed by atoms with Gasteiger partial charge in [0.1, 0.15) is 17.1 Å². The van der Waals surface area contributed by atoms with Crippen LogP contribution in [0.1, 0.15) is 49.0 Å². The molecular formula is C24H27Cl2N9O5. The van der Waals surface area contributed by atoms with E-state index < -0.39 is 22.6 Å². The summed E-state index contributed by atoms with van der Waals surface area (Å²) < 4.78 is 0. The van der Waals surface area contributed by atoms with Crippen molar-refractivity contribution in [3.05, 3.63) is 75.0 Å². The molecule has 3 amide bonds. The Bertz CT molecular complexity index is 1610. The zero-order chi connectivity index (χ0) is 27.6. The van der Waals surface area contributed by atoms with E-state index in [1.807, 2.05) is 0 Å². The Morgan fingerprint density at radius 3 is 2.12 bits per heavy atom. The van der Waals surface area contributed by atoms with Crippen molar-refractivity contribution in [1.82, 2.24) is 20.3 Å². The number of aromatic nitrogens is 3. The summed E-state index contributed by atoms with van der Waals surface area (Å²) in [6, 6.07) is 5.92. The lowest BCUT2D eigenvalue weighted by Crippen LogP contribution is -2.28. The molecule has 0 aliphatic rings. The molecule has 14 nitrogen and oxygen atoms in total. The average Bonchev–Trinajstić information content (AvgIpc) is 3.56. The molecule has 9 N–H and O–H groups in total. The van der Waals surface area contributed by atoms with E-state index in [0.29, 0.717) is 33.4 Å². The number of nitro benzene ring substituents is 1. The van der Waals surface area contributed by atoms with Crippen LogP contribution >= 0.6 is 24.8 Å². The Balaban J connectivity index is 0.00000280. The number of carbonyl (C=O) groups excluding carboxylic acids is 3. The molecule has 4 rings (SSSR count). The maximum Gasteiger partial charge on any atom is 0.278 e. The fourth-order valence-corrected chi connectivity index (χ4v) is 3.92. The van der Waals surface area contributed by atoms with Crippen LogP contribution < -0.4 is 21.7 Å². The lowest BCUT2D eigenvalue weighted by atomic mass is 10.2. The van der Waals surface area contributed by atoms with Gasteiger partial charge < -0.3 is 36.6 Å². The van der Waals surface area contributed by atoms with E-state index in [4.69, 9.17) is 11.1 Å². The third-order valence-electron chi connectivity index (χ3n) is 5.99.